The third kappa shape index (κ3) is 6.58. The van der Waals surface area contributed by atoms with Crippen molar-refractivity contribution in [2.24, 2.45) is 11.7 Å². The van der Waals surface area contributed by atoms with E-state index < -0.39 is 0 Å². The minimum atomic E-state index is 0.304. The zero-order valence-corrected chi connectivity index (χ0v) is 8.47. The molecule has 0 rings (SSSR count). The fourth-order valence-corrected chi connectivity index (χ4v) is 0.855. The van der Waals surface area contributed by atoms with Gasteiger partial charge in [-0.1, -0.05) is 6.92 Å². The molecule has 0 aromatic rings. The van der Waals surface area contributed by atoms with Crippen LogP contribution in [0.4, 0.5) is 0 Å². The van der Waals surface area contributed by atoms with Crippen LogP contribution in [0.3, 0.4) is 0 Å². The van der Waals surface area contributed by atoms with E-state index in [1.165, 1.54) is 0 Å². The number of ether oxygens (including phenoxy) is 1. The van der Waals surface area contributed by atoms with Gasteiger partial charge in [-0.3, -0.25) is 0 Å². The van der Waals surface area contributed by atoms with Crippen molar-refractivity contribution in [3.8, 4) is 0 Å². The first-order chi connectivity index (χ1) is 5.70. The predicted octanol–water partition coefficient (Wildman–Crippen LogP) is 0.596. The van der Waals surface area contributed by atoms with E-state index in [0.29, 0.717) is 12.0 Å². The van der Waals surface area contributed by atoms with Gasteiger partial charge in [0.1, 0.15) is 0 Å². The summed E-state index contributed by atoms with van der Waals surface area (Å²) in [6.45, 7) is 6.96. The molecule has 74 valence electrons. The lowest BCUT2D eigenvalue weighted by atomic mass is 10.1. The van der Waals surface area contributed by atoms with Gasteiger partial charge in [-0.2, -0.15) is 0 Å². The first-order valence-electron chi connectivity index (χ1n) is 4.64. The van der Waals surface area contributed by atoms with Crippen molar-refractivity contribution >= 4 is 0 Å². The molecule has 0 aliphatic rings. The fraction of sp³-hybridized carbons (Fsp3) is 1.00. The Balaban J connectivity index is 3.10. The van der Waals surface area contributed by atoms with Gasteiger partial charge >= 0.3 is 0 Å². The van der Waals surface area contributed by atoms with Crippen molar-refractivity contribution in [3.63, 3.8) is 0 Å². The van der Waals surface area contributed by atoms with E-state index in [1.54, 1.807) is 7.11 Å². The summed E-state index contributed by atoms with van der Waals surface area (Å²) in [6, 6.07) is 0. The summed E-state index contributed by atoms with van der Waals surface area (Å²) >= 11 is 0. The summed E-state index contributed by atoms with van der Waals surface area (Å²) in [5.74, 6) is 0.621. The zero-order chi connectivity index (χ0) is 9.40. The second kappa shape index (κ2) is 7.53. The van der Waals surface area contributed by atoms with Crippen molar-refractivity contribution in [2.75, 3.05) is 26.7 Å². The standard InChI is InChI=1S/C9H22N2O/c1-8(6-10)4-5-11-7-9(2)12-3/h8-9,11H,4-7,10H2,1-3H3. The molecule has 0 saturated carbocycles. The number of hydrogen-bond acceptors (Lipinski definition) is 3. The van der Waals surface area contributed by atoms with Gasteiger partial charge in [0.15, 0.2) is 0 Å². The first-order valence-corrected chi connectivity index (χ1v) is 4.64. The van der Waals surface area contributed by atoms with E-state index in [0.717, 1.165) is 26.1 Å². The van der Waals surface area contributed by atoms with E-state index in [-0.39, 0.29) is 0 Å². The van der Waals surface area contributed by atoms with Crippen LogP contribution < -0.4 is 11.1 Å². The van der Waals surface area contributed by atoms with Crippen LogP contribution in [0.5, 0.6) is 0 Å². The van der Waals surface area contributed by atoms with E-state index >= 15 is 0 Å². The Labute approximate surface area is 75.7 Å². The highest BCUT2D eigenvalue weighted by molar-refractivity contribution is 4.58. The minimum Gasteiger partial charge on any atom is -0.380 e. The molecule has 3 heteroatoms. The third-order valence-electron chi connectivity index (χ3n) is 2.05. The molecule has 0 spiro atoms. The first kappa shape index (κ1) is 11.9. The maximum atomic E-state index is 5.49. The lowest BCUT2D eigenvalue weighted by molar-refractivity contribution is 0.117. The number of nitrogens with two attached hydrogens (primary N) is 1. The van der Waals surface area contributed by atoms with Gasteiger partial charge in [0.2, 0.25) is 0 Å². The van der Waals surface area contributed by atoms with Crippen LogP contribution in [0.15, 0.2) is 0 Å². The molecule has 2 unspecified atom stereocenters. The molecule has 12 heavy (non-hydrogen) atoms. The molecule has 3 N–H and O–H groups in total. The molecule has 0 saturated heterocycles. The van der Waals surface area contributed by atoms with Crippen molar-refractivity contribution in [1.29, 1.82) is 0 Å². The Morgan fingerprint density at radius 2 is 2.08 bits per heavy atom. The van der Waals surface area contributed by atoms with Crippen molar-refractivity contribution in [1.82, 2.24) is 5.32 Å². The summed E-state index contributed by atoms with van der Waals surface area (Å²) < 4.78 is 5.10. The van der Waals surface area contributed by atoms with Gasteiger partial charge in [-0.15, -0.1) is 0 Å². The smallest absolute Gasteiger partial charge is 0.0667 e. The van der Waals surface area contributed by atoms with Crippen LogP contribution in [-0.2, 0) is 4.74 Å². The van der Waals surface area contributed by atoms with Gasteiger partial charge in [0.05, 0.1) is 6.10 Å². The molecule has 0 bridgehead atoms. The average Bonchev–Trinajstić information content (AvgIpc) is 2.11. The van der Waals surface area contributed by atoms with Crippen LogP contribution in [0.25, 0.3) is 0 Å². The molecule has 0 amide bonds. The molecule has 0 aromatic carbocycles. The second-order valence-corrected chi connectivity index (χ2v) is 3.38. The van der Waals surface area contributed by atoms with Crippen molar-refractivity contribution < 1.29 is 4.74 Å². The van der Waals surface area contributed by atoms with E-state index in [9.17, 15) is 0 Å². The van der Waals surface area contributed by atoms with Crippen LogP contribution in [0.1, 0.15) is 20.3 Å². The topological polar surface area (TPSA) is 47.3 Å². The number of methoxy groups -OCH3 is 1. The lowest BCUT2D eigenvalue weighted by Gasteiger charge is -2.12. The molecule has 0 radical (unpaired) electrons. The highest BCUT2D eigenvalue weighted by atomic mass is 16.5. The van der Waals surface area contributed by atoms with Crippen LogP contribution in [0, 0.1) is 5.92 Å². The average molecular weight is 174 g/mol. The number of nitrogens with one attached hydrogen (secondary N) is 1. The molecule has 2 atom stereocenters. The Kier molecular flexibility index (Phi) is 7.45. The Bertz CT molecular complexity index is 86.5. The maximum Gasteiger partial charge on any atom is 0.0667 e. The van der Waals surface area contributed by atoms with Crippen LogP contribution in [0.2, 0.25) is 0 Å². The lowest BCUT2D eigenvalue weighted by Crippen LogP contribution is -2.28. The molecule has 0 fully saturated rings. The highest BCUT2D eigenvalue weighted by Crippen LogP contribution is 1.96. The predicted molar refractivity (Wildman–Crippen MR) is 52.2 cm³/mol. The van der Waals surface area contributed by atoms with E-state index in [1.807, 2.05) is 0 Å². The molecule has 0 aromatic heterocycles. The summed E-state index contributed by atoms with van der Waals surface area (Å²) in [5.41, 5.74) is 5.49. The van der Waals surface area contributed by atoms with Crippen molar-refractivity contribution in [2.45, 2.75) is 26.4 Å². The highest BCUT2D eigenvalue weighted by Gasteiger charge is 2.00. The third-order valence-corrected chi connectivity index (χ3v) is 2.05. The van der Waals surface area contributed by atoms with E-state index in [2.05, 4.69) is 19.2 Å². The van der Waals surface area contributed by atoms with Gasteiger partial charge < -0.3 is 15.8 Å². The normalized spacial score (nSPS) is 16.0. The summed E-state index contributed by atoms with van der Waals surface area (Å²) in [4.78, 5) is 0. The monoisotopic (exact) mass is 174 g/mol. The zero-order valence-electron chi connectivity index (χ0n) is 8.47. The SMILES string of the molecule is COC(C)CNCCC(C)CN. The quantitative estimate of drug-likeness (QED) is 0.555. The van der Waals surface area contributed by atoms with Crippen molar-refractivity contribution in [3.05, 3.63) is 0 Å². The second-order valence-electron chi connectivity index (χ2n) is 3.38. The van der Waals surface area contributed by atoms with Crippen LogP contribution in [-0.4, -0.2) is 32.8 Å². The molecule has 0 aliphatic heterocycles. The molecular formula is C9H22N2O. The fourth-order valence-electron chi connectivity index (χ4n) is 0.855. The Morgan fingerprint density at radius 3 is 2.58 bits per heavy atom. The Morgan fingerprint density at radius 1 is 1.42 bits per heavy atom. The minimum absolute atomic E-state index is 0.304. The van der Waals surface area contributed by atoms with Gasteiger partial charge in [0, 0.05) is 13.7 Å². The van der Waals surface area contributed by atoms with Gasteiger partial charge in [-0.05, 0) is 32.4 Å². The summed E-state index contributed by atoms with van der Waals surface area (Å²) in [7, 11) is 1.73. The summed E-state index contributed by atoms with van der Waals surface area (Å²) in [6.07, 6.45) is 1.45. The molecule has 0 aliphatic carbocycles. The number of rotatable bonds is 7. The van der Waals surface area contributed by atoms with Gasteiger partial charge in [0.25, 0.3) is 0 Å². The molecule has 3 nitrogen and oxygen atoms in total. The maximum absolute atomic E-state index is 5.49. The molecular weight excluding hydrogens is 152 g/mol. The largest absolute Gasteiger partial charge is 0.380 e. The summed E-state index contributed by atoms with van der Waals surface area (Å²) in [5, 5.41) is 3.32. The molecule has 0 heterocycles. The Hall–Kier alpha value is -0.120. The van der Waals surface area contributed by atoms with Gasteiger partial charge in [-0.25, -0.2) is 0 Å². The van der Waals surface area contributed by atoms with Crippen LogP contribution >= 0.6 is 0 Å². The number of hydrogen-bond donors (Lipinski definition) is 2. The van der Waals surface area contributed by atoms with E-state index in [4.69, 9.17) is 10.5 Å².